The third kappa shape index (κ3) is 4.76. The molecule has 1 aromatic heterocycles. The van der Waals surface area contributed by atoms with Crippen LogP contribution in [-0.2, 0) is 11.2 Å². The molecule has 2 N–H and O–H groups in total. The van der Waals surface area contributed by atoms with E-state index in [9.17, 15) is 9.18 Å². The number of nitrogens with zero attached hydrogens (tertiary/aromatic N) is 1. The molecule has 0 aliphatic heterocycles. The van der Waals surface area contributed by atoms with E-state index in [-0.39, 0.29) is 17.5 Å². The summed E-state index contributed by atoms with van der Waals surface area (Å²) in [5.74, 6) is 0.674. The summed E-state index contributed by atoms with van der Waals surface area (Å²) in [7, 11) is 0. The topological polar surface area (TPSA) is 67.0 Å². The highest BCUT2D eigenvalue weighted by Crippen LogP contribution is 2.23. The standard InChI is InChI=1S/C19H20FN3O2S/c1-2-25-14-7-8-16-17(11-14)23-19(22-16)26-12-18(24)21-10-9-13-5-3-4-6-15(13)20/h3-8,11H,2,9-10,12H2,1H3,(H,21,24)(H,22,23). The molecule has 3 aromatic rings. The summed E-state index contributed by atoms with van der Waals surface area (Å²) in [4.78, 5) is 19.6. The van der Waals surface area contributed by atoms with Crippen LogP contribution in [0, 0.1) is 5.82 Å². The maximum atomic E-state index is 13.5. The summed E-state index contributed by atoms with van der Waals surface area (Å²) in [6.07, 6.45) is 0.466. The molecule has 0 radical (unpaired) electrons. The molecule has 0 aliphatic carbocycles. The molecule has 7 heteroatoms. The first-order valence-corrected chi connectivity index (χ1v) is 9.39. The molecule has 136 valence electrons. The van der Waals surface area contributed by atoms with Gasteiger partial charge in [0.25, 0.3) is 0 Å². The average molecular weight is 373 g/mol. The number of rotatable bonds is 8. The van der Waals surface area contributed by atoms with E-state index in [2.05, 4.69) is 15.3 Å². The predicted molar refractivity (Wildman–Crippen MR) is 101 cm³/mol. The van der Waals surface area contributed by atoms with Crippen LogP contribution in [0.5, 0.6) is 5.75 Å². The van der Waals surface area contributed by atoms with E-state index in [0.29, 0.717) is 30.3 Å². The van der Waals surface area contributed by atoms with Crippen LogP contribution < -0.4 is 10.1 Å². The summed E-state index contributed by atoms with van der Waals surface area (Å²) < 4.78 is 19.0. The second-order valence-electron chi connectivity index (χ2n) is 5.63. The van der Waals surface area contributed by atoms with Crippen LogP contribution in [0.25, 0.3) is 11.0 Å². The van der Waals surface area contributed by atoms with Crippen LogP contribution in [0.15, 0.2) is 47.6 Å². The summed E-state index contributed by atoms with van der Waals surface area (Å²) in [5, 5.41) is 3.48. The SMILES string of the molecule is CCOc1ccc2nc(SCC(=O)NCCc3ccccc3F)[nH]c2c1. The minimum atomic E-state index is -0.246. The van der Waals surface area contributed by atoms with Gasteiger partial charge in [-0.1, -0.05) is 30.0 Å². The fourth-order valence-corrected chi connectivity index (χ4v) is 3.23. The fraction of sp³-hybridized carbons (Fsp3) is 0.263. The number of H-pyrrole nitrogens is 1. The molecule has 0 saturated heterocycles. The van der Waals surface area contributed by atoms with Gasteiger partial charge in [-0.2, -0.15) is 0 Å². The monoisotopic (exact) mass is 373 g/mol. The number of benzene rings is 2. The number of aromatic amines is 1. The van der Waals surface area contributed by atoms with E-state index in [4.69, 9.17) is 4.74 Å². The zero-order valence-corrected chi connectivity index (χ0v) is 15.2. The molecule has 1 amide bonds. The van der Waals surface area contributed by atoms with Crippen LogP contribution in [-0.4, -0.2) is 34.8 Å². The second-order valence-corrected chi connectivity index (χ2v) is 6.60. The molecular weight excluding hydrogens is 353 g/mol. The number of carbonyl (C=O) groups excluding carboxylic acids is 1. The van der Waals surface area contributed by atoms with Crippen molar-refractivity contribution in [2.45, 2.75) is 18.5 Å². The molecular formula is C19H20FN3O2S. The molecule has 2 aromatic carbocycles. The van der Waals surface area contributed by atoms with E-state index in [1.807, 2.05) is 25.1 Å². The van der Waals surface area contributed by atoms with Crippen molar-refractivity contribution in [3.8, 4) is 5.75 Å². The Kier molecular flexibility index (Phi) is 6.12. The summed E-state index contributed by atoms with van der Waals surface area (Å²) in [5.41, 5.74) is 2.30. The molecule has 0 atom stereocenters. The Hall–Kier alpha value is -2.54. The molecule has 0 fully saturated rings. The molecule has 0 aliphatic rings. The Balaban J connectivity index is 1.48. The van der Waals surface area contributed by atoms with Gasteiger partial charge in [-0.25, -0.2) is 9.37 Å². The number of aromatic nitrogens is 2. The third-order valence-corrected chi connectivity index (χ3v) is 4.63. The molecule has 1 heterocycles. The normalized spacial score (nSPS) is 10.8. The molecule has 0 unspecified atom stereocenters. The molecule has 5 nitrogen and oxygen atoms in total. The highest BCUT2D eigenvalue weighted by atomic mass is 32.2. The van der Waals surface area contributed by atoms with Gasteiger partial charge < -0.3 is 15.0 Å². The Morgan fingerprint density at radius 2 is 2.15 bits per heavy atom. The van der Waals surface area contributed by atoms with Crippen LogP contribution >= 0.6 is 11.8 Å². The third-order valence-electron chi connectivity index (χ3n) is 3.76. The van der Waals surface area contributed by atoms with E-state index in [1.54, 1.807) is 18.2 Å². The first-order valence-electron chi connectivity index (χ1n) is 8.41. The van der Waals surface area contributed by atoms with Crippen molar-refractivity contribution in [2.24, 2.45) is 0 Å². The first kappa shape index (κ1) is 18.3. The number of ether oxygens (including phenoxy) is 1. The van der Waals surface area contributed by atoms with Crippen molar-refractivity contribution in [1.82, 2.24) is 15.3 Å². The average Bonchev–Trinajstić information content (AvgIpc) is 3.04. The lowest BCUT2D eigenvalue weighted by Crippen LogP contribution is -2.27. The van der Waals surface area contributed by atoms with Crippen molar-refractivity contribution in [3.05, 3.63) is 53.8 Å². The van der Waals surface area contributed by atoms with Crippen molar-refractivity contribution >= 4 is 28.7 Å². The lowest BCUT2D eigenvalue weighted by Gasteiger charge is -2.05. The Morgan fingerprint density at radius 1 is 1.31 bits per heavy atom. The van der Waals surface area contributed by atoms with Crippen LogP contribution in [0.4, 0.5) is 4.39 Å². The lowest BCUT2D eigenvalue weighted by atomic mass is 10.1. The van der Waals surface area contributed by atoms with Gasteiger partial charge in [0.2, 0.25) is 5.91 Å². The van der Waals surface area contributed by atoms with Gasteiger partial charge in [0.15, 0.2) is 5.16 Å². The number of fused-ring (bicyclic) bond motifs is 1. The summed E-state index contributed by atoms with van der Waals surface area (Å²) >= 11 is 1.33. The maximum absolute atomic E-state index is 13.5. The largest absolute Gasteiger partial charge is 0.494 e. The van der Waals surface area contributed by atoms with Gasteiger partial charge >= 0.3 is 0 Å². The van der Waals surface area contributed by atoms with E-state index < -0.39 is 0 Å². The van der Waals surface area contributed by atoms with E-state index >= 15 is 0 Å². The predicted octanol–water partition coefficient (Wildman–Crippen LogP) is 3.55. The van der Waals surface area contributed by atoms with Gasteiger partial charge in [0.05, 0.1) is 23.4 Å². The number of hydrogen-bond acceptors (Lipinski definition) is 4. The van der Waals surface area contributed by atoms with Gasteiger partial charge in [-0.15, -0.1) is 0 Å². The Bertz CT molecular complexity index is 897. The first-order chi connectivity index (χ1) is 12.7. The van der Waals surface area contributed by atoms with Crippen molar-refractivity contribution in [2.75, 3.05) is 18.9 Å². The van der Waals surface area contributed by atoms with Crippen LogP contribution in [0.3, 0.4) is 0 Å². The van der Waals surface area contributed by atoms with Crippen LogP contribution in [0.1, 0.15) is 12.5 Å². The number of carbonyl (C=O) groups is 1. The molecule has 0 bridgehead atoms. The number of halogens is 1. The number of amides is 1. The maximum Gasteiger partial charge on any atom is 0.230 e. The summed E-state index contributed by atoms with van der Waals surface area (Å²) in [6, 6.07) is 12.2. The van der Waals surface area contributed by atoms with E-state index in [1.165, 1.54) is 17.8 Å². The fourth-order valence-electron chi connectivity index (χ4n) is 2.51. The highest BCUT2D eigenvalue weighted by Gasteiger charge is 2.08. The molecule has 0 saturated carbocycles. The van der Waals surface area contributed by atoms with Gasteiger partial charge in [-0.3, -0.25) is 4.79 Å². The quantitative estimate of drug-likeness (QED) is 0.593. The van der Waals surface area contributed by atoms with Gasteiger partial charge in [-0.05, 0) is 37.1 Å². The van der Waals surface area contributed by atoms with Crippen molar-refractivity contribution in [3.63, 3.8) is 0 Å². The van der Waals surface area contributed by atoms with Crippen molar-refractivity contribution < 1.29 is 13.9 Å². The number of nitrogens with one attached hydrogen (secondary N) is 2. The minimum absolute atomic E-state index is 0.109. The molecule has 3 rings (SSSR count). The van der Waals surface area contributed by atoms with E-state index in [0.717, 1.165) is 16.8 Å². The second kappa shape index (κ2) is 8.71. The Labute approximate surface area is 155 Å². The molecule has 26 heavy (non-hydrogen) atoms. The van der Waals surface area contributed by atoms with Crippen molar-refractivity contribution in [1.29, 1.82) is 0 Å². The van der Waals surface area contributed by atoms with Gasteiger partial charge in [0.1, 0.15) is 11.6 Å². The zero-order valence-electron chi connectivity index (χ0n) is 14.4. The zero-order chi connectivity index (χ0) is 18.4. The summed E-state index contributed by atoms with van der Waals surface area (Å²) in [6.45, 7) is 2.94. The minimum Gasteiger partial charge on any atom is -0.494 e. The van der Waals surface area contributed by atoms with Gasteiger partial charge in [0, 0.05) is 12.6 Å². The number of imidazole rings is 1. The highest BCUT2D eigenvalue weighted by molar-refractivity contribution is 7.99. The number of thioether (sulfide) groups is 1. The number of hydrogen-bond donors (Lipinski definition) is 2. The Morgan fingerprint density at radius 3 is 2.96 bits per heavy atom. The van der Waals surface area contributed by atoms with Crippen LogP contribution in [0.2, 0.25) is 0 Å². The lowest BCUT2D eigenvalue weighted by molar-refractivity contribution is -0.118. The molecule has 0 spiro atoms. The smallest absolute Gasteiger partial charge is 0.230 e.